The predicted molar refractivity (Wildman–Crippen MR) is 85.1 cm³/mol. The molecule has 0 spiro atoms. The molecule has 0 radical (unpaired) electrons. The van der Waals surface area contributed by atoms with E-state index in [0.29, 0.717) is 29.5 Å². The van der Waals surface area contributed by atoms with Gasteiger partial charge in [-0.05, 0) is 31.0 Å². The summed E-state index contributed by atoms with van der Waals surface area (Å²) in [4.78, 5) is 2.10. The van der Waals surface area contributed by atoms with Gasteiger partial charge in [0.25, 0.3) is 0 Å². The van der Waals surface area contributed by atoms with Gasteiger partial charge in [-0.15, -0.1) is 5.10 Å². The summed E-state index contributed by atoms with van der Waals surface area (Å²) in [6, 6.07) is 8.37. The molecule has 1 fully saturated rings. The second-order valence-corrected chi connectivity index (χ2v) is 5.78. The fourth-order valence-corrected chi connectivity index (χ4v) is 2.82. The van der Waals surface area contributed by atoms with Crippen LogP contribution in [0.4, 0.5) is 6.01 Å². The Bertz CT molecular complexity index is 611. The van der Waals surface area contributed by atoms with Gasteiger partial charge in [-0.3, -0.25) is 0 Å². The second-order valence-electron chi connectivity index (χ2n) is 5.34. The maximum Gasteiger partial charge on any atom is 0.318 e. The number of nitrogens with one attached hydrogen (secondary N) is 1. The summed E-state index contributed by atoms with van der Waals surface area (Å²) in [6.45, 7) is 2.54. The van der Waals surface area contributed by atoms with E-state index in [1.807, 2.05) is 24.3 Å². The number of anilines is 1. The smallest absolute Gasteiger partial charge is 0.318 e. The van der Waals surface area contributed by atoms with E-state index in [-0.39, 0.29) is 6.61 Å². The molecule has 2 heterocycles. The Labute approximate surface area is 134 Å². The van der Waals surface area contributed by atoms with Crippen LogP contribution < -0.4 is 10.2 Å². The van der Waals surface area contributed by atoms with E-state index in [2.05, 4.69) is 20.4 Å². The Hall–Kier alpha value is -1.63. The molecule has 6 nitrogen and oxygen atoms in total. The molecule has 7 heteroatoms. The van der Waals surface area contributed by atoms with Gasteiger partial charge >= 0.3 is 6.01 Å². The first-order valence-electron chi connectivity index (χ1n) is 7.45. The molecule has 118 valence electrons. The normalized spacial score (nSPS) is 16.2. The van der Waals surface area contributed by atoms with Crippen LogP contribution in [0.15, 0.2) is 28.7 Å². The highest BCUT2D eigenvalue weighted by Gasteiger charge is 2.22. The van der Waals surface area contributed by atoms with Gasteiger partial charge < -0.3 is 19.7 Å². The minimum atomic E-state index is 0.173. The quantitative estimate of drug-likeness (QED) is 0.876. The predicted octanol–water partition coefficient (Wildman–Crippen LogP) is 1.94. The zero-order chi connectivity index (χ0) is 15.4. The Morgan fingerprint density at radius 2 is 2.14 bits per heavy atom. The van der Waals surface area contributed by atoms with Gasteiger partial charge in [0.05, 0.1) is 6.61 Å². The molecular formula is C15H19ClN4O2. The molecule has 0 saturated carbocycles. The molecule has 0 bridgehead atoms. The van der Waals surface area contributed by atoms with E-state index < -0.39 is 0 Å². The molecule has 0 aliphatic carbocycles. The summed E-state index contributed by atoms with van der Waals surface area (Å²) >= 11 is 5.98. The van der Waals surface area contributed by atoms with Gasteiger partial charge in [-0.1, -0.05) is 22.8 Å². The number of halogens is 1. The van der Waals surface area contributed by atoms with Crippen LogP contribution in [0.3, 0.4) is 0 Å². The second kappa shape index (κ2) is 7.09. The molecule has 1 aliphatic heterocycles. The number of aromatic nitrogens is 2. The number of nitrogens with zero attached hydrogens (tertiary/aromatic N) is 3. The summed E-state index contributed by atoms with van der Waals surface area (Å²) in [5.74, 6) is 0.484. The lowest BCUT2D eigenvalue weighted by atomic mass is 10.1. The minimum absolute atomic E-state index is 0.173. The molecule has 1 aromatic heterocycles. The molecule has 0 atom stereocenters. The molecule has 3 rings (SSSR count). The third-order valence-corrected chi connectivity index (χ3v) is 4.03. The number of aliphatic hydroxyl groups is 1. The lowest BCUT2D eigenvalue weighted by Gasteiger charge is -2.30. The zero-order valence-electron chi connectivity index (χ0n) is 12.2. The fourth-order valence-electron chi connectivity index (χ4n) is 2.63. The summed E-state index contributed by atoms with van der Waals surface area (Å²) < 4.78 is 5.77. The Morgan fingerprint density at radius 1 is 1.32 bits per heavy atom. The van der Waals surface area contributed by atoms with Crippen molar-refractivity contribution in [1.82, 2.24) is 15.5 Å². The van der Waals surface area contributed by atoms with Crippen LogP contribution in [-0.4, -0.2) is 47.6 Å². The molecule has 22 heavy (non-hydrogen) atoms. The lowest BCUT2D eigenvalue weighted by Crippen LogP contribution is -2.43. The maximum absolute atomic E-state index is 8.84. The van der Waals surface area contributed by atoms with Crippen molar-refractivity contribution in [2.45, 2.75) is 18.9 Å². The van der Waals surface area contributed by atoms with E-state index in [1.54, 1.807) is 0 Å². The van der Waals surface area contributed by atoms with Crippen molar-refractivity contribution in [3.05, 3.63) is 29.3 Å². The van der Waals surface area contributed by atoms with Crippen molar-refractivity contribution in [3.63, 3.8) is 0 Å². The third kappa shape index (κ3) is 3.58. The molecular weight excluding hydrogens is 304 g/mol. The third-order valence-electron chi connectivity index (χ3n) is 3.80. The van der Waals surface area contributed by atoms with E-state index >= 15 is 0 Å². The van der Waals surface area contributed by atoms with Gasteiger partial charge in [0.2, 0.25) is 5.89 Å². The number of benzene rings is 1. The molecule has 2 N–H and O–H groups in total. The van der Waals surface area contributed by atoms with Gasteiger partial charge in [-0.2, -0.15) is 0 Å². The Kier molecular flexibility index (Phi) is 4.92. The average Bonchev–Trinajstić information content (AvgIpc) is 3.03. The molecule has 0 unspecified atom stereocenters. The van der Waals surface area contributed by atoms with E-state index in [0.717, 1.165) is 31.5 Å². The molecule has 1 aromatic carbocycles. The summed E-state index contributed by atoms with van der Waals surface area (Å²) in [5.41, 5.74) is 0.825. The van der Waals surface area contributed by atoms with Gasteiger partial charge in [0.1, 0.15) is 0 Å². The lowest BCUT2D eigenvalue weighted by molar-refractivity contribution is 0.276. The Morgan fingerprint density at radius 3 is 2.86 bits per heavy atom. The largest absolute Gasteiger partial charge is 0.403 e. The summed E-state index contributed by atoms with van der Waals surface area (Å²) in [7, 11) is 0. The van der Waals surface area contributed by atoms with Gasteiger partial charge in [-0.25, -0.2) is 0 Å². The topological polar surface area (TPSA) is 74.4 Å². The van der Waals surface area contributed by atoms with Crippen molar-refractivity contribution in [3.8, 4) is 11.5 Å². The van der Waals surface area contributed by atoms with Crippen molar-refractivity contribution < 1.29 is 9.52 Å². The maximum atomic E-state index is 8.84. The number of piperidine rings is 1. The van der Waals surface area contributed by atoms with Gasteiger partial charge in [0.15, 0.2) is 0 Å². The van der Waals surface area contributed by atoms with Crippen LogP contribution in [-0.2, 0) is 0 Å². The number of rotatable bonds is 5. The van der Waals surface area contributed by atoms with Crippen molar-refractivity contribution in [2.24, 2.45) is 0 Å². The first-order chi connectivity index (χ1) is 10.8. The molecule has 1 aliphatic rings. The first kappa shape index (κ1) is 15.3. The molecule has 2 aromatic rings. The van der Waals surface area contributed by atoms with Crippen LogP contribution in [0.2, 0.25) is 5.02 Å². The SMILES string of the molecule is OCCNC1CCN(c2nnc(-c3cccc(Cl)c3)o2)CC1. The average molecular weight is 323 g/mol. The Balaban J connectivity index is 1.63. The van der Waals surface area contributed by atoms with E-state index in [4.69, 9.17) is 21.1 Å². The van der Waals surface area contributed by atoms with Crippen LogP contribution in [0.25, 0.3) is 11.5 Å². The minimum Gasteiger partial charge on any atom is -0.403 e. The summed E-state index contributed by atoms with van der Waals surface area (Å²) in [6.07, 6.45) is 1.99. The van der Waals surface area contributed by atoms with Crippen LogP contribution in [0.5, 0.6) is 0 Å². The monoisotopic (exact) mass is 322 g/mol. The molecule has 0 amide bonds. The number of hydrogen-bond acceptors (Lipinski definition) is 6. The highest BCUT2D eigenvalue weighted by molar-refractivity contribution is 6.30. The first-order valence-corrected chi connectivity index (χ1v) is 7.82. The van der Waals surface area contributed by atoms with Crippen molar-refractivity contribution in [2.75, 3.05) is 31.1 Å². The standard InChI is InChI=1S/C15H19ClN4O2/c16-12-3-1-2-11(10-12)14-18-19-15(22-14)20-7-4-13(5-8-20)17-6-9-21/h1-3,10,13,17,21H,4-9H2. The highest BCUT2D eigenvalue weighted by atomic mass is 35.5. The number of hydrogen-bond donors (Lipinski definition) is 2. The summed E-state index contributed by atoms with van der Waals surface area (Å²) in [5, 5.41) is 21.1. The van der Waals surface area contributed by atoms with Gasteiger partial charge in [0, 0.05) is 36.3 Å². The van der Waals surface area contributed by atoms with E-state index in [1.165, 1.54) is 0 Å². The van der Waals surface area contributed by atoms with Crippen LogP contribution >= 0.6 is 11.6 Å². The highest BCUT2D eigenvalue weighted by Crippen LogP contribution is 2.25. The fraction of sp³-hybridized carbons (Fsp3) is 0.467. The number of aliphatic hydroxyl groups excluding tert-OH is 1. The van der Waals surface area contributed by atoms with Crippen molar-refractivity contribution in [1.29, 1.82) is 0 Å². The molecule has 1 saturated heterocycles. The van der Waals surface area contributed by atoms with E-state index in [9.17, 15) is 0 Å². The zero-order valence-corrected chi connectivity index (χ0v) is 13.0. The van der Waals surface area contributed by atoms with Crippen LogP contribution in [0.1, 0.15) is 12.8 Å². The van der Waals surface area contributed by atoms with Crippen molar-refractivity contribution >= 4 is 17.6 Å². The van der Waals surface area contributed by atoms with Crippen LogP contribution in [0, 0.1) is 0 Å².